The highest BCUT2D eigenvalue weighted by Crippen LogP contribution is 2.23. The van der Waals surface area contributed by atoms with E-state index in [9.17, 15) is 0 Å². The van der Waals surface area contributed by atoms with E-state index < -0.39 is 0 Å². The predicted octanol–water partition coefficient (Wildman–Crippen LogP) is 2.64. The zero-order valence-corrected chi connectivity index (χ0v) is 9.87. The molecule has 0 amide bonds. The SMILES string of the molecule is Cc1cc(Br)ccc1-c1ncc(CO)[nH]1. The third-order valence-electron chi connectivity index (χ3n) is 2.24. The van der Waals surface area contributed by atoms with Crippen molar-refractivity contribution in [2.24, 2.45) is 0 Å². The Morgan fingerprint density at radius 1 is 1.47 bits per heavy atom. The first-order valence-electron chi connectivity index (χ1n) is 4.62. The molecule has 0 saturated heterocycles. The number of aliphatic hydroxyl groups is 1. The summed E-state index contributed by atoms with van der Waals surface area (Å²) >= 11 is 3.42. The second-order valence-electron chi connectivity index (χ2n) is 3.37. The summed E-state index contributed by atoms with van der Waals surface area (Å²) in [7, 11) is 0. The Bertz CT molecular complexity index is 479. The lowest BCUT2D eigenvalue weighted by atomic mass is 10.1. The van der Waals surface area contributed by atoms with Crippen LogP contribution in [-0.4, -0.2) is 15.1 Å². The first kappa shape index (κ1) is 10.4. The molecule has 2 aromatic rings. The fourth-order valence-corrected chi connectivity index (χ4v) is 1.94. The highest BCUT2D eigenvalue weighted by atomic mass is 79.9. The Morgan fingerprint density at radius 2 is 2.27 bits per heavy atom. The van der Waals surface area contributed by atoms with Crippen molar-refractivity contribution in [3.63, 3.8) is 0 Å². The van der Waals surface area contributed by atoms with Crippen LogP contribution in [0.15, 0.2) is 28.9 Å². The van der Waals surface area contributed by atoms with Gasteiger partial charge in [0.2, 0.25) is 0 Å². The first-order chi connectivity index (χ1) is 7.20. The van der Waals surface area contributed by atoms with E-state index >= 15 is 0 Å². The molecular formula is C11H11BrN2O. The van der Waals surface area contributed by atoms with E-state index in [1.165, 1.54) is 0 Å². The zero-order valence-electron chi connectivity index (χ0n) is 8.29. The summed E-state index contributed by atoms with van der Waals surface area (Å²) in [4.78, 5) is 7.28. The molecule has 1 aromatic carbocycles. The van der Waals surface area contributed by atoms with Crippen LogP contribution in [0, 0.1) is 6.92 Å². The second kappa shape index (κ2) is 4.16. The molecular weight excluding hydrogens is 256 g/mol. The van der Waals surface area contributed by atoms with Gasteiger partial charge >= 0.3 is 0 Å². The van der Waals surface area contributed by atoms with E-state index in [-0.39, 0.29) is 6.61 Å². The molecule has 0 aliphatic heterocycles. The Balaban J connectivity index is 2.44. The normalized spacial score (nSPS) is 10.6. The number of aromatic amines is 1. The summed E-state index contributed by atoms with van der Waals surface area (Å²) in [5.74, 6) is 0.795. The molecule has 2 rings (SSSR count). The van der Waals surface area contributed by atoms with Crippen molar-refractivity contribution in [1.29, 1.82) is 0 Å². The van der Waals surface area contributed by atoms with Crippen molar-refractivity contribution >= 4 is 15.9 Å². The maximum absolute atomic E-state index is 8.93. The number of hydrogen-bond acceptors (Lipinski definition) is 2. The fraction of sp³-hybridized carbons (Fsp3) is 0.182. The average Bonchev–Trinajstić information content (AvgIpc) is 2.66. The molecule has 0 radical (unpaired) electrons. The van der Waals surface area contributed by atoms with Crippen molar-refractivity contribution in [3.05, 3.63) is 40.1 Å². The van der Waals surface area contributed by atoms with Gasteiger partial charge in [0.05, 0.1) is 18.5 Å². The van der Waals surface area contributed by atoms with Crippen LogP contribution in [0.3, 0.4) is 0 Å². The van der Waals surface area contributed by atoms with Gasteiger partial charge in [-0.15, -0.1) is 0 Å². The van der Waals surface area contributed by atoms with Gasteiger partial charge in [-0.3, -0.25) is 0 Å². The number of imidazole rings is 1. The molecule has 0 unspecified atom stereocenters. The molecule has 4 heteroatoms. The molecule has 15 heavy (non-hydrogen) atoms. The van der Waals surface area contributed by atoms with Gasteiger partial charge in [0.25, 0.3) is 0 Å². The lowest BCUT2D eigenvalue weighted by Gasteiger charge is -2.02. The van der Waals surface area contributed by atoms with Gasteiger partial charge in [0.1, 0.15) is 5.82 Å². The minimum atomic E-state index is -0.0113. The number of hydrogen-bond donors (Lipinski definition) is 2. The number of H-pyrrole nitrogens is 1. The van der Waals surface area contributed by atoms with Crippen molar-refractivity contribution in [2.45, 2.75) is 13.5 Å². The van der Waals surface area contributed by atoms with Crippen LogP contribution in [0.5, 0.6) is 0 Å². The quantitative estimate of drug-likeness (QED) is 0.878. The van der Waals surface area contributed by atoms with Gasteiger partial charge in [-0.05, 0) is 30.7 Å². The maximum Gasteiger partial charge on any atom is 0.137 e. The van der Waals surface area contributed by atoms with Gasteiger partial charge in [-0.1, -0.05) is 15.9 Å². The van der Waals surface area contributed by atoms with Gasteiger partial charge in [0.15, 0.2) is 0 Å². The van der Waals surface area contributed by atoms with E-state index in [1.807, 2.05) is 25.1 Å². The Labute approximate surface area is 96.3 Å². The van der Waals surface area contributed by atoms with Crippen LogP contribution in [0.25, 0.3) is 11.4 Å². The molecule has 0 aliphatic rings. The molecule has 3 nitrogen and oxygen atoms in total. The highest BCUT2D eigenvalue weighted by Gasteiger charge is 2.06. The number of aliphatic hydroxyl groups excluding tert-OH is 1. The van der Waals surface area contributed by atoms with Gasteiger partial charge in [-0.25, -0.2) is 4.98 Å². The summed E-state index contributed by atoms with van der Waals surface area (Å²) in [6.45, 7) is 2.02. The molecule has 0 spiro atoms. The minimum Gasteiger partial charge on any atom is -0.390 e. The number of benzene rings is 1. The van der Waals surface area contributed by atoms with Crippen LogP contribution in [0.2, 0.25) is 0 Å². The summed E-state index contributed by atoms with van der Waals surface area (Å²) in [6, 6.07) is 6.01. The molecule has 1 heterocycles. The molecule has 78 valence electrons. The first-order valence-corrected chi connectivity index (χ1v) is 5.41. The van der Waals surface area contributed by atoms with Gasteiger partial charge < -0.3 is 10.1 Å². The lowest BCUT2D eigenvalue weighted by molar-refractivity contribution is 0.277. The van der Waals surface area contributed by atoms with Crippen molar-refractivity contribution < 1.29 is 5.11 Å². The summed E-state index contributed by atoms with van der Waals surface area (Å²) in [6.07, 6.45) is 1.65. The monoisotopic (exact) mass is 266 g/mol. The van der Waals surface area contributed by atoms with Crippen LogP contribution in [0.1, 0.15) is 11.3 Å². The molecule has 0 fully saturated rings. The average molecular weight is 267 g/mol. The Hall–Kier alpha value is -1.13. The lowest BCUT2D eigenvalue weighted by Crippen LogP contribution is -1.86. The number of nitrogens with zero attached hydrogens (tertiary/aromatic N) is 1. The number of aryl methyl sites for hydroxylation is 1. The van der Waals surface area contributed by atoms with Crippen molar-refractivity contribution in [2.75, 3.05) is 0 Å². The largest absolute Gasteiger partial charge is 0.390 e. The predicted molar refractivity (Wildman–Crippen MR) is 62.4 cm³/mol. The second-order valence-corrected chi connectivity index (χ2v) is 4.29. The highest BCUT2D eigenvalue weighted by molar-refractivity contribution is 9.10. The van der Waals surface area contributed by atoms with E-state index in [2.05, 4.69) is 25.9 Å². The standard InChI is InChI=1S/C11H11BrN2O/c1-7-4-8(12)2-3-10(7)11-13-5-9(6-15)14-11/h2-5,15H,6H2,1H3,(H,13,14). The summed E-state index contributed by atoms with van der Waals surface area (Å²) in [5.41, 5.74) is 2.92. The van der Waals surface area contributed by atoms with E-state index in [4.69, 9.17) is 5.11 Å². The number of aromatic nitrogens is 2. The smallest absolute Gasteiger partial charge is 0.137 e. The molecule has 0 saturated carbocycles. The van der Waals surface area contributed by atoms with Crippen molar-refractivity contribution in [1.82, 2.24) is 9.97 Å². The molecule has 0 bridgehead atoms. The van der Waals surface area contributed by atoms with Crippen molar-refractivity contribution in [3.8, 4) is 11.4 Å². The molecule has 0 aliphatic carbocycles. The number of rotatable bonds is 2. The van der Waals surface area contributed by atoms with E-state index in [0.717, 1.165) is 27.1 Å². The molecule has 1 aromatic heterocycles. The van der Waals surface area contributed by atoms with Crippen LogP contribution < -0.4 is 0 Å². The third kappa shape index (κ3) is 2.11. The topological polar surface area (TPSA) is 48.9 Å². The van der Waals surface area contributed by atoms with Gasteiger partial charge in [-0.2, -0.15) is 0 Å². The minimum absolute atomic E-state index is 0.0113. The number of nitrogens with one attached hydrogen (secondary N) is 1. The van der Waals surface area contributed by atoms with E-state index in [0.29, 0.717) is 0 Å². The Morgan fingerprint density at radius 3 is 2.87 bits per heavy atom. The summed E-state index contributed by atoms with van der Waals surface area (Å²) in [5, 5.41) is 8.93. The maximum atomic E-state index is 8.93. The zero-order chi connectivity index (χ0) is 10.8. The fourth-order valence-electron chi connectivity index (χ4n) is 1.47. The molecule has 2 N–H and O–H groups in total. The van der Waals surface area contributed by atoms with Crippen LogP contribution in [-0.2, 0) is 6.61 Å². The Kier molecular flexibility index (Phi) is 2.88. The molecule has 0 atom stereocenters. The summed E-state index contributed by atoms with van der Waals surface area (Å²) < 4.78 is 1.05. The van der Waals surface area contributed by atoms with Crippen LogP contribution >= 0.6 is 15.9 Å². The van der Waals surface area contributed by atoms with Crippen LogP contribution in [0.4, 0.5) is 0 Å². The number of halogens is 1. The van der Waals surface area contributed by atoms with E-state index in [1.54, 1.807) is 6.20 Å². The van der Waals surface area contributed by atoms with Gasteiger partial charge in [0, 0.05) is 10.0 Å². The third-order valence-corrected chi connectivity index (χ3v) is 2.74.